The Bertz CT molecular complexity index is 7630. The quantitative estimate of drug-likeness (QED) is 0.0757. The summed E-state index contributed by atoms with van der Waals surface area (Å²) in [6.45, 7) is 0. The minimum absolute atomic E-state index is 0.454. The zero-order valence-corrected chi connectivity index (χ0v) is 65.5. The average Bonchev–Trinajstić information content (AvgIpc) is 1.71. The summed E-state index contributed by atoms with van der Waals surface area (Å²) in [6, 6.07) is 158. The van der Waals surface area contributed by atoms with Crippen LogP contribution in [0.5, 0.6) is 0 Å². The van der Waals surface area contributed by atoms with Crippen molar-refractivity contribution in [1.82, 2.24) is 42.6 Å². The van der Waals surface area contributed by atoms with Crippen LogP contribution in [0.1, 0.15) is 0 Å². The molecule has 6 aromatic heterocycles. The van der Waals surface area contributed by atoms with E-state index in [1.54, 1.807) is 0 Å². The number of aromatic nitrogens is 9. The van der Waals surface area contributed by atoms with Gasteiger partial charge in [0.25, 0.3) is 0 Å². The van der Waals surface area contributed by atoms with Gasteiger partial charge < -0.3 is 9.13 Å². The predicted molar refractivity (Wildman–Crippen MR) is 489 cm³/mol. The van der Waals surface area contributed by atoms with Gasteiger partial charge in [-0.2, -0.15) is 15.0 Å². The Morgan fingerprint density at radius 3 is 1.15 bits per heavy atom. The highest BCUT2D eigenvalue weighted by Gasteiger charge is 2.43. The number of hydrogen-bond acceptors (Lipinski definition) is 4. The van der Waals surface area contributed by atoms with E-state index in [9.17, 15) is 0 Å². The van der Waals surface area contributed by atoms with Crippen LogP contribution < -0.4 is 41.5 Å². The molecule has 6 heterocycles. The summed E-state index contributed by atoms with van der Waals surface area (Å²) in [5, 5.41) is 17.3. The fourth-order valence-corrected chi connectivity index (χ4v) is 28.8. The van der Waals surface area contributed by atoms with Crippen LogP contribution in [0.25, 0.3) is 150 Å². The maximum absolute atomic E-state index is 5.69. The normalized spacial score (nSPS) is 12.1. The van der Waals surface area contributed by atoms with Gasteiger partial charge in [-0.1, -0.05) is 346 Å². The van der Waals surface area contributed by atoms with E-state index >= 15 is 0 Å². The molecule has 17 aromatic carbocycles. The van der Waals surface area contributed by atoms with Gasteiger partial charge in [0.05, 0.1) is 60.9 Å². The third kappa shape index (κ3) is 10.5. The highest BCUT2D eigenvalue weighted by atomic mass is 28.3. The van der Waals surface area contributed by atoms with Gasteiger partial charge in [0.1, 0.15) is 0 Å². The first-order chi connectivity index (χ1) is 58.0. The molecule has 0 N–H and O–H groups in total. The molecule has 0 unspecified atom stereocenters. The molecule has 0 spiro atoms. The summed E-state index contributed by atoms with van der Waals surface area (Å²) in [5.41, 5.74) is 18.1. The second-order valence-corrected chi connectivity index (χ2v) is 38.0. The zero-order valence-electron chi connectivity index (χ0n) is 63.5. The van der Waals surface area contributed by atoms with Crippen LogP contribution in [0.3, 0.4) is 0 Å². The number of benzene rings is 17. The zero-order chi connectivity index (χ0) is 77.1. The molecular weight excluding hydrogens is 1460 g/mol. The van der Waals surface area contributed by atoms with E-state index in [-0.39, 0.29) is 0 Å². The SMILES string of the molecule is c1ccc([Si](c2ccccc2)(c2ccccc2)c2cccc(-c3nc(-n4c5ccccc5c5cc(-c6ccc([Si](c7ccccc7)(c7ccccc7)c7cccc(-c8ccccc8-n8c9ccccc9c9cc(-n%10c%11ccccc%11c%11ccccc%11%10)ccc98)c7)cc6)ccc54)nc(-n4c5ccccc5n5c6ccccc6nc45)n3)c2)cc1. The number of nitrogens with zero attached hydrogens (tertiary/aromatic N) is 9. The van der Waals surface area contributed by atoms with Gasteiger partial charge in [-0.15, -0.1) is 0 Å². The number of fused-ring (bicyclic) bond motifs is 14. The summed E-state index contributed by atoms with van der Waals surface area (Å²) in [4.78, 5) is 22.3. The molecule has 11 heteroatoms. The molecule has 23 aromatic rings. The Hall–Kier alpha value is -15.1. The van der Waals surface area contributed by atoms with Gasteiger partial charge in [0.2, 0.25) is 17.7 Å². The van der Waals surface area contributed by atoms with E-state index in [1.807, 2.05) is 6.07 Å². The van der Waals surface area contributed by atoms with E-state index in [2.05, 4.69) is 447 Å². The molecule has 0 atom stereocenters. The Morgan fingerprint density at radius 1 is 0.197 bits per heavy atom. The number of imidazole rings is 2. The van der Waals surface area contributed by atoms with E-state index in [0.717, 1.165) is 94.1 Å². The van der Waals surface area contributed by atoms with Crippen LogP contribution >= 0.6 is 0 Å². The van der Waals surface area contributed by atoms with Crippen molar-refractivity contribution < 1.29 is 0 Å². The lowest BCUT2D eigenvalue weighted by atomic mass is 10.0. The standard InChI is InChI=1S/C106H71N9Si2/c1-6-34-77(35-7-1)116(78-36-8-2-9-37-78,79-38-10-3-11-39-79)84-45-31-33-75(69-84)103-108-104(110-105(109-103)115-102-59-29-28-58-101(102)114-100-57-27-21-51-92(100)107-106(114)115)113-97-56-26-20-49-88(97)90-70-73(62-66-99(90)113)72-60-64-82(65-61-72)117(80-40-12-4-13-41-80,81-42-14-5-15-43-81)83-44-30-32-74(68-83)85-46-16-22-52-93(85)112-96-55-25-19-50-89(96)91-71-76(63-67-98(91)112)111-94-53-23-17-47-86(94)87-48-18-24-54-95(87)111/h1-71H. The van der Waals surface area contributed by atoms with Crippen LogP contribution in [-0.4, -0.2) is 58.8 Å². The van der Waals surface area contributed by atoms with Crippen LogP contribution in [0, 0.1) is 0 Å². The van der Waals surface area contributed by atoms with Crippen molar-refractivity contribution in [2.45, 2.75) is 0 Å². The molecule has 0 amide bonds. The molecule has 0 aliphatic carbocycles. The monoisotopic (exact) mass is 1530 g/mol. The van der Waals surface area contributed by atoms with Gasteiger partial charge in [0.15, 0.2) is 22.0 Å². The van der Waals surface area contributed by atoms with Gasteiger partial charge >= 0.3 is 0 Å². The fourth-order valence-electron chi connectivity index (χ4n) is 19.2. The molecular formula is C106H71N9Si2. The van der Waals surface area contributed by atoms with Crippen molar-refractivity contribution in [1.29, 1.82) is 0 Å². The number of hydrogen-bond donors (Lipinski definition) is 0. The maximum Gasteiger partial charge on any atom is 0.242 e. The highest BCUT2D eigenvalue weighted by Crippen LogP contribution is 2.41. The highest BCUT2D eigenvalue weighted by molar-refractivity contribution is 7.20. The van der Waals surface area contributed by atoms with Gasteiger partial charge in [-0.05, 0) is 143 Å². The summed E-state index contributed by atoms with van der Waals surface area (Å²) < 4.78 is 11.5. The number of rotatable bonds is 15. The summed E-state index contributed by atoms with van der Waals surface area (Å²) in [6.07, 6.45) is 0. The Labute approximate surface area is 676 Å². The minimum Gasteiger partial charge on any atom is -0.309 e. The molecule has 0 saturated heterocycles. The first-order valence-corrected chi connectivity index (χ1v) is 43.9. The van der Waals surface area contributed by atoms with E-state index < -0.39 is 16.1 Å². The molecule has 0 fully saturated rings. The average molecular weight is 1530 g/mol. The third-order valence-corrected chi connectivity index (χ3v) is 33.8. The van der Waals surface area contributed by atoms with E-state index in [0.29, 0.717) is 23.5 Å². The minimum atomic E-state index is -3.14. The van der Waals surface area contributed by atoms with Crippen molar-refractivity contribution in [3.05, 3.63) is 431 Å². The van der Waals surface area contributed by atoms with Crippen LogP contribution in [0.4, 0.5) is 0 Å². The Morgan fingerprint density at radius 2 is 0.581 bits per heavy atom. The lowest BCUT2D eigenvalue weighted by Gasteiger charge is -2.35. The van der Waals surface area contributed by atoms with Crippen LogP contribution in [0.2, 0.25) is 0 Å². The molecule has 23 rings (SSSR count). The molecule has 0 saturated carbocycles. The van der Waals surface area contributed by atoms with Gasteiger partial charge in [0, 0.05) is 49.1 Å². The molecule has 0 aliphatic heterocycles. The van der Waals surface area contributed by atoms with Crippen molar-refractivity contribution in [2.75, 3.05) is 0 Å². The first kappa shape index (κ1) is 67.5. The predicted octanol–water partition coefficient (Wildman–Crippen LogP) is 19.7. The number of para-hydroxylation sites is 9. The lowest BCUT2D eigenvalue weighted by Crippen LogP contribution is -2.74. The van der Waals surface area contributed by atoms with E-state index in [1.165, 1.54) is 74.1 Å². The van der Waals surface area contributed by atoms with Crippen molar-refractivity contribution in [2.24, 2.45) is 0 Å². The van der Waals surface area contributed by atoms with Crippen molar-refractivity contribution >= 4 is 151 Å². The summed E-state index contributed by atoms with van der Waals surface area (Å²) >= 11 is 0. The van der Waals surface area contributed by atoms with Gasteiger partial charge in [-0.3, -0.25) is 8.97 Å². The lowest BCUT2D eigenvalue weighted by molar-refractivity contribution is 0.885. The Balaban J connectivity index is 0.667. The molecule has 0 aliphatic rings. The molecule has 9 nitrogen and oxygen atoms in total. The summed E-state index contributed by atoms with van der Waals surface area (Å²) in [7, 11) is -6.14. The maximum atomic E-state index is 5.69. The van der Waals surface area contributed by atoms with Crippen molar-refractivity contribution in [3.63, 3.8) is 0 Å². The van der Waals surface area contributed by atoms with Crippen molar-refractivity contribution in [3.8, 4) is 56.9 Å². The fraction of sp³-hybridized carbons (Fsp3) is 0. The third-order valence-electron chi connectivity index (χ3n) is 24.3. The second kappa shape index (κ2) is 27.3. The molecule has 548 valence electrons. The Kier molecular flexibility index (Phi) is 15.8. The second-order valence-electron chi connectivity index (χ2n) is 30.4. The first-order valence-electron chi connectivity index (χ1n) is 39.9. The molecule has 0 radical (unpaired) electrons. The topological polar surface area (TPSA) is 75.7 Å². The smallest absolute Gasteiger partial charge is 0.242 e. The molecule has 0 bridgehead atoms. The van der Waals surface area contributed by atoms with Crippen LogP contribution in [0.15, 0.2) is 431 Å². The summed E-state index contributed by atoms with van der Waals surface area (Å²) in [5.74, 6) is 2.19. The van der Waals surface area contributed by atoms with Gasteiger partial charge in [-0.25, -0.2) is 9.55 Å². The van der Waals surface area contributed by atoms with Crippen LogP contribution in [-0.2, 0) is 0 Å². The molecule has 117 heavy (non-hydrogen) atoms. The van der Waals surface area contributed by atoms with E-state index in [4.69, 9.17) is 19.9 Å². The largest absolute Gasteiger partial charge is 0.309 e.